The van der Waals surface area contributed by atoms with Crippen molar-refractivity contribution in [2.45, 2.75) is 66.2 Å². The van der Waals surface area contributed by atoms with Crippen LogP contribution in [0.15, 0.2) is 134 Å². The van der Waals surface area contributed by atoms with E-state index in [9.17, 15) is 37.4 Å². The molecule has 2 N–H and O–H groups in total. The number of ether oxygens (including phenoxy) is 4. The minimum absolute atomic E-state index is 0.0602. The van der Waals surface area contributed by atoms with Gasteiger partial charge in [0, 0.05) is 72.8 Å². The fourth-order valence-corrected chi connectivity index (χ4v) is 6.01. The highest BCUT2D eigenvalue weighted by Crippen LogP contribution is 2.39. The van der Waals surface area contributed by atoms with E-state index in [1.807, 2.05) is 28.0 Å². The molecule has 0 spiro atoms. The topological polar surface area (TPSA) is 144 Å². The zero-order valence-electron chi connectivity index (χ0n) is 34.1. The van der Waals surface area contributed by atoms with E-state index >= 15 is 0 Å². The van der Waals surface area contributed by atoms with E-state index in [1.165, 1.54) is 30.3 Å². The molecule has 0 bridgehead atoms. The molecule has 0 aliphatic carbocycles. The molecule has 0 aliphatic rings. The van der Waals surface area contributed by atoms with Crippen molar-refractivity contribution in [3.8, 4) is 23.0 Å². The monoisotopic (exact) mass is 856 g/mol. The molecule has 16 heteroatoms. The van der Waals surface area contributed by atoms with E-state index in [4.69, 9.17) is 9.47 Å². The molecule has 0 saturated heterocycles. The van der Waals surface area contributed by atoms with Gasteiger partial charge in [-0.15, -0.1) is 0 Å². The summed E-state index contributed by atoms with van der Waals surface area (Å²) in [5.74, 6) is -1.85. The lowest BCUT2D eigenvalue weighted by Gasteiger charge is -2.27. The average molecular weight is 857 g/mol. The third kappa shape index (κ3) is 13.3. The molecule has 2 aromatic heterocycles. The van der Waals surface area contributed by atoms with Crippen molar-refractivity contribution < 1.29 is 56.3 Å². The number of alkyl halides is 4. The molecule has 0 unspecified atom stereocenters. The molecule has 0 radical (unpaired) electrons. The van der Waals surface area contributed by atoms with Crippen molar-refractivity contribution in [3.63, 3.8) is 0 Å². The summed E-state index contributed by atoms with van der Waals surface area (Å²) in [6.45, 7) is 1.96. The van der Waals surface area contributed by atoms with Crippen LogP contribution in [0.25, 0.3) is 0 Å². The Balaban J connectivity index is 0.000000234. The first kappa shape index (κ1) is 45.7. The van der Waals surface area contributed by atoms with Gasteiger partial charge in [-0.25, -0.2) is 9.59 Å². The van der Waals surface area contributed by atoms with Crippen molar-refractivity contribution in [2.24, 2.45) is 0 Å². The largest absolute Gasteiger partial charge is 0.487 e. The van der Waals surface area contributed by atoms with Crippen molar-refractivity contribution in [1.82, 2.24) is 9.97 Å². The first-order valence-electron chi connectivity index (χ1n) is 19.2. The Labute approximate surface area is 355 Å². The van der Waals surface area contributed by atoms with Crippen molar-refractivity contribution in [2.75, 3.05) is 9.80 Å². The molecule has 12 nitrogen and oxygen atoms in total. The van der Waals surface area contributed by atoms with Crippen LogP contribution >= 0.6 is 0 Å². The maximum Gasteiger partial charge on any atom is 0.387 e. The van der Waals surface area contributed by atoms with Crippen molar-refractivity contribution >= 4 is 34.7 Å². The minimum atomic E-state index is -2.99. The number of aromatic carboxylic acids is 2. The highest BCUT2D eigenvalue weighted by molar-refractivity contribution is 5.89. The lowest BCUT2D eigenvalue weighted by Crippen LogP contribution is -2.18. The number of carboxylic acid groups (broad SMARTS) is 2. The number of nitrogens with zero attached hydrogens (tertiary/aromatic N) is 4. The van der Waals surface area contributed by atoms with Gasteiger partial charge in [0.1, 0.15) is 0 Å². The van der Waals surface area contributed by atoms with E-state index in [0.717, 1.165) is 11.1 Å². The summed E-state index contributed by atoms with van der Waals surface area (Å²) in [6.07, 6.45) is 6.23. The number of benzene rings is 4. The fraction of sp³-hybridized carbons (Fsp3) is 0.217. The highest BCUT2D eigenvalue weighted by atomic mass is 19.3. The smallest absolute Gasteiger partial charge is 0.387 e. The molecule has 0 saturated carbocycles. The van der Waals surface area contributed by atoms with Gasteiger partial charge < -0.3 is 39.0 Å². The fourth-order valence-electron chi connectivity index (χ4n) is 6.01. The number of pyridine rings is 2. The summed E-state index contributed by atoms with van der Waals surface area (Å²) >= 11 is 0. The van der Waals surface area contributed by atoms with Crippen molar-refractivity contribution in [3.05, 3.63) is 156 Å². The van der Waals surface area contributed by atoms with E-state index in [1.54, 1.807) is 113 Å². The lowest BCUT2D eigenvalue weighted by molar-refractivity contribution is -0.0524. The number of halogens is 4. The third-order valence-corrected chi connectivity index (χ3v) is 8.59. The van der Waals surface area contributed by atoms with E-state index in [2.05, 4.69) is 19.4 Å². The standard InChI is InChI=1S/2C23H22F2N2O4/c1-15(2)30-21-12-19(8-9-20(21)31-23(24)25)27(14-16-5-4-10-26-13-16)18-7-3-6-17(11-18)22(28)29;1-15(2)30-21-12-19(9-10-20(21)31-23(24)25)27(14-16-4-3-11-26-13-16)18-7-5-17(6-8-18)22(28)29/h2*3-13,15,23H,14H2,1-2H3,(H,28,29). The molecule has 0 aliphatic heterocycles. The Kier molecular flexibility index (Phi) is 16.0. The van der Waals surface area contributed by atoms with Gasteiger partial charge >= 0.3 is 25.2 Å². The second-order valence-corrected chi connectivity index (χ2v) is 14.0. The first-order valence-corrected chi connectivity index (χ1v) is 19.2. The van der Waals surface area contributed by atoms with Crippen LogP contribution in [0.3, 0.4) is 0 Å². The molecule has 62 heavy (non-hydrogen) atoms. The third-order valence-electron chi connectivity index (χ3n) is 8.59. The summed E-state index contributed by atoms with van der Waals surface area (Å²) in [5.41, 5.74) is 4.67. The maximum absolute atomic E-state index is 12.8. The number of anilines is 4. The molecule has 6 aromatic rings. The summed E-state index contributed by atoms with van der Waals surface area (Å²) in [7, 11) is 0. The number of hydrogen-bond donors (Lipinski definition) is 2. The van der Waals surface area contributed by atoms with Gasteiger partial charge in [0.2, 0.25) is 0 Å². The SMILES string of the molecule is CC(C)Oc1cc(N(Cc2cccnc2)c2ccc(C(=O)O)cc2)ccc1OC(F)F.CC(C)Oc1cc(N(Cc2cccnc2)c2cccc(C(=O)O)c2)ccc1OC(F)F. The average Bonchev–Trinajstić information content (AvgIpc) is 3.23. The molecule has 4 aromatic carbocycles. The predicted molar refractivity (Wildman–Crippen MR) is 225 cm³/mol. The number of aromatic nitrogens is 2. The summed E-state index contributed by atoms with van der Waals surface area (Å²) in [6, 6.07) is 29.6. The molecule has 6 rings (SSSR count). The van der Waals surface area contributed by atoms with Gasteiger partial charge in [-0.3, -0.25) is 9.97 Å². The number of rotatable bonds is 18. The minimum Gasteiger partial charge on any atom is -0.487 e. The van der Waals surface area contributed by atoms with Crippen LogP contribution < -0.4 is 28.7 Å². The Morgan fingerprint density at radius 3 is 1.35 bits per heavy atom. The molecule has 0 amide bonds. The molecular formula is C46H44F4N4O8. The Morgan fingerprint density at radius 2 is 0.952 bits per heavy atom. The van der Waals surface area contributed by atoms with Crippen LogP contribution in [0.5, 0.6) is 23.0 Å². The van der Waals surface area contributed by atoms with Gasteiger partial charge in [0.15, 0.2) is 23.0 Å². The molecule has 2 heterocycles. The van der Waals surface area contributed by atoms with Crippen molar-refractivity contribution in [1.29, 1.82) is 0 Å². The zero-order valence-corrected chi connectivity index (χ0v) is 34.1. The van der Waals surface area contributed by atoms with E-state index in [-0.39, 0.29) is 46.3 Å². The van der Waals surface area contributed by atoms with Gasteiger partial charge in [-0.2, -0.15) is 17.6 Å². The normalized spacial score (nSPS) is 10.9. The van der Waals surface area contributed by atoms with Crippen LogP contribution in [-0.4, -0.2) is 57.6 Å². The molecule has 324 valence electrons. The Hall–Kier alpha value is -7.36. The lowest BCUT2D eigenvalue weighted by atomic mass is 10.1. The van der Waals surface area contributed by atoms with Crippen LogP contribution in [0.2, 0.25) is 0 Å². The van der Waals surface area contributed by atoms with Gasteiger partial charge in [-0.1, -0.05) is 18.2 Å². The van der Waals surface area contributed by atoms with Gasteiger partial charge in [-0.05, 0) is 118 Å². The maximum atomic E-state index is 12.8. The number of carboxylic acids is 2. The van der Waals surface area contributed by atoms with E-state index in [0.29, 0.717) is 35.8 Å². The second kappa shape index (κ2) is 21.8. The van der Waals surface area contributed by atoms with Crippen LogP contribution in [0.1, 0.15) is 59.5 Å². The van der Waals surface area contributed by atoms with Gasteiger partial charge in [0.25, 0.3) is 0 Å². The zero-order chi connectivity index (χ0) is 44.8. The highest BCUT2D eigenvalue weighted by Gasteiger charge is 2.20. The first-order chi connectivity index (χ1) is 29.7. The number of hydrogen-bond acceptors (Lipinski definition) is 10. The van der Waals surface area contributed by atoms with Crippen LogP contribution in [0, 0.1) is 0 Å². The van der Waals surface area contributed by atoms with E-state index < -0.39 is 25.2 Å². The number of carbonyl (C=O) groups is 2. The van der Waals surface area contributed by atoms with Crippen LogP contribution in [-0.2, 0) is 13.1 Å². The molecule has 0 fully saturated rings. The quantitative estimate of drug-likeness (QED) is 0.0794. The summed E-state index contributed by atoms with van der Waals surface area (Å²) < 4.78 is 71.8. The van der Waals surface area contributed by atoms with Gasteiger partial charge in [0.05, 0.1) is 23.3 Å². The Bertz CT molecular complexity index is 2370. The molecule has 0 atom stereocenters. The predicted octanol–water partition coefficient (Wildman–Crippen LogP) is 11.0. The Morgan fingerprint density at radius 1 is 0.516 bits per heavy atom. The molecular weight excluding hydrogens is 813 g/mol. The van der Waals surface area contributed by atoms with Crippen LogP contribution in [0.4, 0.5) is 40.3 Å². The summed E-state index contributed by atoms with van der Waals surface area (Å²) in [4.78, 5) is 34.7. The summed E-state index contributed by atoms with van der Waals surface area (Å²) in [5, 5.41) is 18.6. The second-order valence-electron chi connectivity index (χ2n) is 14.0.